The van der Waals surface area contributed by atoms with Gasteiger partial charge in [0.05, 0.1) is 0 Å². The molecular formula is C8H5N3O2. The van der Waals surface area contributed by atoms with Crippen molar-refractivity contribution < 1.29 is 9.90 Å². The lowest BCUT2D eigenvalue weighted by Crippen LogP contribution is -2.03. The summed E-state index contributed by atoms with van der Waals surface area (Å²) in [6.45, 7) is 0. The van der Waals surface area contributed by atoms with Crippen molar-refractivity contribution in [2.75, 3.05) is 0 Å². The maximum atomic E-state index is 10.5. The fraction of sp³-hybridized carbons (Fsp3) is 0. The Morgan fingerprint density at radius 3 is 3.00 bits per heavy atom. The summed E-state index contributed by atoms with van der Waals surface area (Å²) >= 11 is 0. The molecule has 2 aromatic rings. The van der Waals surface area contributed by atoms with Gasteiger partial charge in [-0.05, 0) is 12.1 Å². The molecule has 0 saturated heterocycles. The second kappa shape index (κ2) is 2.78. The van der Waals surface area contributed by atoms with E-state index in [1.165, 1.54) is 6.20 Å². The Kier molecular flexibility index (Phi) is 1.63. The van der Waals surface area contributed by atoms with Gasteiger partial charge < -0.3 is 5.11 Å². The molecule has 13 heavy (non-hydrogen) atoms. The summed E-state index contributed by atoms with van der Waals surface area (Å²) in [6, 6.07) is 3.51. The Balaban J connectivity index is 2.69. The highest BCUT2D eigenvalue weighted by Crippen LogP contribution is 2.05. The topological polar surface area (TPSA) is 76.0 Å². The second-order valence-corrected chi connectivity index (χ2v) is 2.41. The number of carboxylic acids is 1. The molecule has 0 aliphatic carbocycles. The minimum absolute atomic E-state index is 0.230. The van der Waals surface area contributed by atoms with Crippen molar-refractivity contribution in [1.29, 1.82) is 0 Å². The molecule has 0 aliphatic heterocycles. The van der Waals surface area contributed by atoms with Crippen LogP contribution in [0.4, 0.5) is 0 Å². The molecule has 5 nitrogen and oxygen atoms in total. The van der Waals surface area contributed by atoms with Gasteiger partial charge in [-0.1, -0.05) is 0 Å². The number of hydrogen-bond donors (Lipinski definition) is 1. The van der Waals surface area contributed by atoms with E-state index in [9.17, 15) is 4.79 Å². The number of aromatic carboxylic acids is 1. The summed E-state index contributed by atoms with van der Waals surface area (Å²) in [5.41, 5.74) is 0.398. The van der Waals surface area contributed by atoms with E-state index in [0.717, 1.165) is 5.39 Å². The Morgan fingerprint density at radius 1 is 1.38 bits per heavy atom. The van der Waals surface area contributed by atoms with Gasteiger partial charge in [-0.25, -0.2) is 19.7 Å². The van der Waals surface area contributed by atoms with E-state index < -0.39 is 5.97 Å². The number of fused-ring (bicyclic) bond motifs is 1. The highest BCUT2D eigenvalue weighted by molar-refractivity contribution is 5.85. The molecule has 0 spiro atoms. The zero-order valence-electron chi connectivity index (χ0n) is 6.51. The van der Waals surface area contributed by atoms with Crippen LogP contribution in [0, 0.1) is 0 Å². The molecule has 2 rings (SSSR count). The highest BCUT2D eigenvalue weighted by Gasteiger charge is 2.06. The monoisotopic (exact) mass is 175 g/mol. The number of carboxylic acid groups (broad SMARTS) is 1. The average molecular weight is 175 g/mol. The van der Waals surface area contributed by atoms with Gasteiger partial charge in [0.25, 0.3) is 0 Å². The van der Waals surface area contributed by atoms with E-state index in [4.69, 9.17) is 5.11 Å². The molecule has 0 amide bonds. The molecule has 0 atom stereocenters. The van der Waals surface area contributed by atoms with Crippen molar-refractivity contribution in [3.8, 4) is 0 Å². The zero-order valence-corrected chi connectivity index (χ0v) is 6.51. The maximum absolute atomic E-state index is 10.5. The SMILES string of the molecule is O=C(O)c1ncc2cccnc2n1. The van der Waals surface area contributed by atoms with Gasteiger partial charge >= 0.3 is 5.97 Å². The summed E-state index contributed by atoms with van der Waals surface area (Å²) in [5.74, 6) is -1.38. The van der Waals surface area contributed by atoms with E-state index in [-0.39, 0.29) is 5.82 Å². The standard InChI is InChI=1S/C8H5N3O2/c12-8(13)7-10-4-5-2-1-3-9-6(5)11-7/h1-4H,(H,12,13). The minimum Gasteiger partial charge on any atom is -0.475 e. The van der Waals surface area contributed by atoms with Crippen LogP contribution in [0.25, 0.3) is 11.0 Å². The van der Waals surface area contributed by atoms with Crippen LogP contribution < -0.4 is 0 Å². The van der Waals surface area contributed by atoms with Crippen molar-refractivity contribution in [3.63, 3.8) is 0 Å². The molecular weight excluding hydrogens is 170 g/mol. The third kappa shape index (κ3) is 1.31. The van der Waals surface area contributed by atoms with Crippen molar-refractivity contribution in [1.82, 2.24) is 15.0 Å². The van der Waals surface area contributed by atoms with Crippen molar-refractivity contribution in [3.05, 3.63) is 30.4 Å². The largest absolute Gasteiger partial charge is 0.475 e. The summed E-state index contributed by atoms with van der Waals surface area (Å²) < 4.78 is 0. The first-order valence-electron chi connectivity index (χ1n) is 3.58. The van der Waals surface area contributed by atoms with Crippen LogP contribution in [0.1, 0.15) is 10.6 Å². The van der Waals surface area contributed by atoms with Crippen LogP contribution in [0.3, 0.4) is 0 Å². The van der Waals surface area contributed by atoms with E-state index in [1.54, 1.807) is 18.3 Å². The molecule has 0 aromatic carbocycles. The average Bonchev–Trinajstić information content (AvgIpc) is 2.17. The number of pyridine rings is 1. The quantitative estimate of drug-likeness (QED) is 0.691. The van der Waals surface area contributed by atoms with Gasteiger partial charge in [-0.15, -0.1) is 0 Å². The molecule has 2 heterocycles. The minimum atomic E-state index is -1.15. The van der Waals surface area contributed by atoms with Gasteiger partial charge in [0.15, 0.2) is 5.65 Å². The fourth-order valence-electron chi connectivity index (χ4n) is 0.966. The summed E-state index contributed by atoms with van der Waals surface area (Å²) in [6.07, 6.45) is 3.00. The molecule has 1 N–H and O–H groups in total. The first kappa shape index (κ1) is 7.60. The van der Waals surface area contributed by atoms with Crippen molar-refractivity contribution >= 4 is 17.0 Å². The first-order chi connectivity index (χ1) is 6.27. The van der Waals surface area contributed by atoms with Crippen LogP contribution in [-0.4, -0.2) is 26.0 Å². The van der Waals surface area contributed by atoms with E-state index in [2.05, 4.69) is 15.0 Å². The predicted octanol–water partition coefficient (Wildman–Crippen LogP) is 0.723. The van der Waals surface area contributed by atoms with Crippen molar-refractivity contribution in [2.45, 2.75) is 0 Å². The predicted molar refractivity (Wildman–Crippen MR) is 44.3 cm³/mol. The highest BCUT2D eigenvalue weighted by atomic mass is 16.4. The molecule has 2 aromatic heterocycles. The molecule has 0 saturated carbocycles. The summed E-state index contributed by atoms with van der Waals surface area (Å²) in [7, 11) is 0. The molecule has 0 fully saturated rings. The van der Waals surface area contributed by atoms with E-state index >= 15 is 0 Å². The van der Waals surface area contributed by atoms with E-state index in [1.807, 2.05) is 0 Å². The molecule has 5 heteroatoms. The lowest BCUT2D eigenvalue weighted by Gasteiger charge is -1.95. The number of aromatic nitrogens is 3. The lowest BCUT2D eigenvalue weighted by atomic mass is 10.3. The Morgan fingerprint density at radius 2 is 2.23 bits per heavy atom. The first-order valence-corrected chi connectivity index (χ1v) is 3.58. The molecule has 0 aliphatic rings. The van der Waals surface area contributed by atoms with Crippen LogP contribution in [0.15, 0.2) is 24.5 Å². The van der Waals surface area contributed by atoms with Gasteiger partial charge in [-0.3, -0.25) is 0 Å². The molecule has 0 bridgehead atoms. The van der Waals surface area contributed by atoms with Gasteiger partial charge in [0, 0.05) is 17.8 Å². The summed E-state index contributed by atoms with van der Waals surface area (Å²) in [4.78, 5) is 21.8. The number of nitrogens with zero attached hydrogens (tertiary/aromatic N) is 3. The normalized spacial score (nSPS) is 10.2. The van der Waals surface area contributed by atoms with Gasteiger partial charge in [0.1, 0.15) is 0 Å². The fourth-order valence-corrected chi connectivity index (χ4v) is 0.966. The van der Waals surface area contributed by atoms with Crippen molar-refractivity contribution in [2.24, 2.45) is 0 Å². The Hall–Kier alpha value is -2.04. The molecule has 0 unspecified atom stereocenters. The Labute approximate surface area is 73.1 Å². The van der Waals surface area contributed by atoms with Crippen LogP contribution in [0.5, 0.6) is 0 Å². The molecule has 64 valence electrons. The second-order valence-electron chi connectivity index (χ2n) is 2.41. The van der Waals surface area contributed by atoms with Gasteiger partial charge in [0.2, 0.25) is 5.82 Å². The molecule has 0 radical (unpaired) electrons. The third-order valence-corrected chi connectivity index (χ3v) is 1.55. The van der Waals surface area contributed by atoms with Crippen LogP contribution in [-0.2, 0) is 0 Å². The summed E-state index contributed by atoms with van der Waals surface area (Å²) in [5, 5.41) is 9.32. The Bertz CT molecular complexity index is 470. The zero-order chi connectivity index (χ0) is 9.26. The van der Waals surface area contributed by atoms with Crippen LogP contribution >= 0.6 is 0 Å². The van der Waals surface area contributed by atoms with E-state index in [0.29, 0.717) is 5.65 Å². The third-order valence-electron chi connectivity index (χ3n) is 1.55. The lowest BCUT2D eigenvalue weighted by molar-refractivity contribution is 0.0684. The van der Waals surface area contributed by atoms with Crippen LogP contribution in [0.2, 0.25) is 0 Å². The number of carbonyl (C=O) groups is 1. The smallest absolute Gasteiger partial charge is 0.374 e. The van der Waals surface area contributed by atoms with Gasteiger partial charge in [-0.2, -0.15) is 0 Å². The number of rotatable bonds is 1. The maximum Gasteiger partial charge on any atom is 0.374 e. The number of hydrogen-bond acceptors (Lipinski definition) is 4.